The SMILES string of the molecule is Nc1ccc2c(c1)C[C@H](C(=O)O)[C@@H](C(F)(F)F)O2. The van der Waals surface area contributed by atoms with E-state index in [0.29, 0.717) is 11.3 Å². The fourth-order valence-electron chi connectivity index (χ4n) is 1.95. The fraction of sp³-hybridized carbons (Fsp3) is 0.364. The van der Waals surface area contributed by atoms with Crippen molar-refractivity contribution in [3.8, 4) is 5.75 Å². The molecule has 0 saturated heterocycles. The van der Waals surface area contributed by atoms with E-state index in [9.17, 15) is 18.0 Å². The molecule has 2 atom stereocenters. The Hall–Kier alpha value is -1.92. The van der Waals surface area contributed by atoms with Gasteiger partial charge in [0.05, 0.1) is 0 Å². The molecule has 1 heterocycles. The van der Waals surface area contributed by atoms with Gasteiger partial charge in [0.15, 0.2) is 0 Å². The van der Waals surface area contributed by atoms with E-state index in [2.05, 4.69) is 0 Å². The highest BCUT2D eigenvalue weighted by atomic mass is 19.4. The van der Waals surface area contributed by atoms with Gasteiger partial charge in [-0.3, -0.25) is 4.79 Å². The molecule has 0 aromatic heterocycles. The number of nitrogens with two attached hydrogens (primary N) is 1. The molecule has 7 heteroatoms. The molecule has 3 N–H and O–H groups in total. The van der Waals surface area contributed by atoms with Gasteiger partial charge in [0, 0.05) is 5.69 Å². The van der Waals surface area contributed by atoms with Crippen LogP contribution in [0.25, 0.3) is 0 Å². The Morgan fingerprint density at radius 3 is 2.67 bits per heavy atom. The van der Waals surface area contributed by atoms with Crippen molar-refractivity contribution < 1.29 is 27.8 Å². The number of carbonyl (C=O) groups is 1. The van der Waals surface area contributed by atoms with Crippen LogP contribution in [0.1, 0.15) is 5.56 Å². The number of hydrogen-bond donors (Lipinski definition) is 2. The summed E-state index contributed by atoms with van der Waals surface area (Å²) >= 11 is 0. The second-order valence-corrected chi connectivity index (χ2v) is 4.10. The highest BCUT2D eigenvalue weighted by molar-refractivity contribution is 5.72. The molecule has 1 aromatic carbocycles. The van der Waals surface area contributed by atoms with Crippen LogP contribution in [-0.4, -0.2) is 23.4 Å². The molecule has 2 rings (SSSR count). The van der Waals surface area contributed by atoms with Crippen LogP contribution in [0.4, 0.5) is 18.9 Å². The van der Waals surface area contributed by atoms with Gasteiger partial charge < -0.3 is 15.6 Å². The number of rotatable bonds is 1. The highest BCUT2D eigenvalue weighted by Crippen LogP contribution is 2.38. The van der Waals surface area contributed by atoms with Crippen molar-refractivity contribution in [2.45, 2.75) is 18.7 Å². The molecule has 98 valence electrons. The standard InChI is InChI=1S/C11H10F3NO3/c12-11(13,14)9-7(10(16)17)4-5-3-6(15)1-2-8(5)18-9/h1-3,7,9H,4,15H2,(H,16,17)/t7-,9-/m0/s1. The Labute approximate surface area is 100 Å². The van der Waals surface area contributed by atoms with Crippen LogP contribution in [0, 0.1) is 5.92 Å². The highest BCUT2D eigenvalue weighted by Gasteiger charge is 2.52. The summed E-state index contributed by atoms with van der Waals surface area (Å²) in [6.45, 7) is 0. The molecule has 18 heavy (non-hydrogen) atoms. The zero-order valence-electron chi connectivity index (χ0n) is 9.07. The number of ether oxygens (including phenoxy) is 1. The van der Waals surface area contributed by atoms with E-state index < -0.39 is 24.2 Å². The van der Waals surface area contributed by atoms with Gasteiger partial charge in [0.25, 0.3) is 0 Å². The normalized spacial score (nSPS) is 23.1. The van der Waals surface area contributed by atoms with Crippen LogP contribution in [0.5, 0.6) is 5.75 Å². The number of alkyl halides is 3. The summed E-state index contributed by atoms with van der Waals surface area (Å²) in [5, 5.41) is 8.86. The summed E-state index contributed by atoms with van der Waals surface area (Å²) in [5.41, 5.74) is 6.23. The van der Waals surface area contributed by atoms with Gasteiger partial charge in [-0.25, -0.2) is 0 Å². The Bertz CT molecular complexity index is 487. The zero-order chi connectivity index (χ0) is 13.5. The van der Waals surface area contributed by atoms with Crippen LogP contribution in [0.3, 0.4) is 0 Å². The Balaban J connectivity index is 2.40. The van der Waals surface area contributed by atoms with E-state index >= 15 is 0 Å². The van der Waals surface area contributed by atoms with E-state index in [4.69, 9.17) is 15.6 Å². The molecule has 0 fully saturated rings. The lowest BCUT2D eigenvalue weighted by atomic mass is 9.90. The molecule has 0 radical (unpaired) electrons. The smallest absolute Gasteiger partial charge is 0.426 e. The molecule has 0 unspecified atom stereocenters. The lowest BCUT2D eigenvalue weighted by Gasteiger charge is -2.32. The first kappa shape index (κ1) is 12.5. The molecule has 0 amide bonds. The van der Waals surface area contributed by atoms with Gasteiger partial charge in [-0.2, -0.15) is 13.2 Å². The second kappa shape index (κ2) is 4.08. The maximum absolute atomic E-state index is 12.7. The Kier molecular flexibility index (Phi) is 2.84. The predicted octanol–water partition coefficient (Wildman–Crippen LogP) is 1.84. The predicted molar refractivity (Wildman–Crippen MR) is 56.2 cm³/mol. The number of carboxylic acids is 1. The maximum Gasteiger partial charge on any atom is 0.426 e. The first-order valence-corrected chi connectivity index (χ1v) is 5.13. The third-order valence-electron chi connectivity index (χ3n) is 2.78. The molecule has 1 aliphatic rings. The number of hydrogen-bond acceptors (Lipinski definition) is 3. The third-order valence-corrected chi connectivity index (χ3v) is 2.78. The summed E-state index contributed by atoms with van der Waals surface area (Å²) < 4.78 is 42.9. The van der Waals surface area contributed by atoms with Gasteiger partial charge in [-0.1, -0.05) is 0 Å². The fourth-order valence-corrected chi connectivity index (χ4v) is 1.95. The number of benzene rings is 1. The summed E-state index contributed by atoms with van der Waals surface area (Å²) in [6.07, 6.45) is -7.30. The number of halogens is 3. The van der Waals surface area contributed by atoms with Crippen molar-refractivity contribution in [2.75, 3.05) is 5.73 Å². The largest absolute Gasteiger partial charge is 0.481 e. The number of carboxylic acid groups (broad SMARTS) is 1. The first-order chi connectivity index (χ1) is 8.29. The summed E-state index contributed by atoms with van der Waals surface area (Å²) in [7, 11) is 0. The number of fused-ring (bicyclic) bond motifs is 1. The van der Waals surface area contributed by atoms with Crippen molar-refractivity contribution in [1.29, 1.82) is 0 Å². The second-order valence-electron chi connectivity index (χ2n) is 4.10. The zero-order valence-corrected chi connectivity index (χ0v) is 9.07. The van der Waals surface area contributed by atoms with Gasteiger partial charge in [-0.05, 0) is 30.2 Å². The van der Waals surface area contributed by atoms with Crippen molar-refractivity contribution in [3.63, 3.8) is 0 Å². The third kappa shape index (κ3) is 2.20. The average Bonchev–Trinajstić information content (AvgIpc) is 2.25. The van der Waals surface area contributed by atoms with Gasteiger partial charge >= 0.3 is 12.1 Å². The van der Waals surface area contributed by atoms with Crippen molar-refractivity contribution in [2.24, 2.45) is 5.92 Å². The summed E-state index contributed by atoms with van der Waals surface area (Å²) in [6, 6.07) is 4.16. The number of nitrogen functional groups attached to an aromatic ring is 1. The van der Waals surface area contributed by atoms with E-state index in [1.54, 1.807) is 0 Å². The minimum Gasteiger partial charge on any atom is -0.481 e. The lowest BCUT2D eigenvalue weighted by Crippen LogP contribution is -2.47. The average molecular weight is 261 g/mol. The van der Waals surface area contributed by atoms with Crippen LogP contribution < -0.4 is 10.5 Å². The Morgan fingerprint density at radius 2 is 2.11 bits per heavy atom. The minimum absolute atomic E-state index is 0.0315. The van der Waals surface area contributed by atoms with E-state index in [0.717, 1.165) is 0 Å². The van der Waals surface area contributed by atoms with Crippen LogP contribution in [0.2, 0.25) is 0 Å². The molecule has 0 bridgehead atoms. The summed E-state index contributed by atoms with van der Waals surface area (Å²) in [5.74, 6) is -3.16. The van der Waals surface area contributed by atoms with Crippen molar-refractivity contribution >= 4 is 11.7 Å². The quantitative estimate of drug-likeness (QED) is 0.756. The first-order valence-electron chi connectivity index (χ1n) is 5.13. The van der Waals surface area contributed by atoms with Gasteiger partial charge in [0.2, 0.25) is 6.10 Å². The Morgan fingerprint density at radius 1 is 1.44 bits per heavy atom. The van der Waals surface area contributed by atoms with Crippen LogP contribution in [0.15, 0.2) is 18.2 Å². The van der Waals surface area contributed by atoms with Gasteiger partial charge in [0.1, 0.15) is 11.7 Å². The molecule has 0 spiro atoms. The molecular formula is C11H10F3NO3. The van der Waals surface area contributed by atoms with Crippen molar-refractivity contribution in [1.82, 2.24) is 0 Å². The molecule has 1 aliphatic heterocycles. The molecule has 0 aliphatic carbocycles. The van der Waals surface area contributed by atoms with Crippen LogP contribution in [-0.2, 0) is 11.2 Å². The van der Waals surface area contributed by atoms with E-state index in [1.807, 2.05) is 0 Å². The topological polar surface area (TPSA) is 72.6 Å². The van der Waals surface area contributed by atoms with Crippen LogP contribution >= 0.6 is 0 Å². The number of aliphatic carboxylic acids is 1. The number of anilines is 1. The minimum atomic E-state index is -4.72. The molecular weight excluding hydrogens is 251 g/mol. The molecule has 1 aromatic rings. The molecule has 0 saturated carbocycles. The van der Waals surface area contributed by atoms with Gasteiger partial charge in [-0.15, -0.1) is 0 Å². The van der Waals surface area contributed by atoms with Crippen molar-refractivity contribution in [3.05, 3.63) is 23.8 Å². The van der Waals surface area contributed by atoms with E-state index in [1.165, 1.54) is 18.2 Å². The maximum atomic E-state index is 12.7. The van der Waals surface area contributed by atoms with E-state index in [-0.39, 0.29) is 12.2 Å². The lowest BCUT2D eigenvalue weighted by molar-refractivity contribution is -0.217. The summed E-state index contributed by atoms with van der Waals surface area (Å²) in [4.78, 5) is 10.9. The monoisotopic (exact) mass is 261 g/mol. The molecule has 4 nitrogen and oxygen atoms in total.